The molecule has 116 valence electrons. The Bertz CT molecular complexity index is 509. The average molecular weight is 303 g/mol. The van der Waals surface area contributed by atoms with Crippen molar-refractivity contribution in [1.82, 2.24) is 5.32 Å². The van der Waals surface area contributed by atoms with Crippen LogP contribution >= 0.6 is 0 Å². The van der Waals surface area contributed by atoms with Crippen molar-refractivity contribution >= 4 is 11.9 Å². The normalized spacial score (nSPS) is 13.0. The lowest BCUT2D eigenvalue weighted by Crippen LogP contribution is -2.44. The number of carboxylic acids is 1. The van der Waals surface area contributed by atoms with Gasteiger partial charge in [0, 0.05) is 12.3 Å². The molecule has 1 aromatic rings. The fraction of sp³-hybridized carbons (Fsp3) is 0.429. The van der Waals surface area contributed by atoms with Gasteiger partial charge < -0.3 is 10.4 Å². The minimum Gasteiger partial charge on any atom is -0.480 e. The van der Waals surface area contributed by atoms with Crippen molar-refractivity contribution in [3.63, 3.8) is 0 Å². The average Bonchev–Trinajstić information content (AvgIpc) is 2.37. The minimum absolute atomic E-state index is 0.0774. The van der Waals surface area contributed by atoms with Gasteiger partial charge in [-0.1, -0.05) is 26.0 Å². The summed E-state index contributed by atoms with van der Waals surface area (Å²) in [6.45, 7) is 3.23. The third-order valence-corrected chi connectivity index (χ3v) is 2.86. The van der Waals surface area contributed by atoms with E-state index in [9.17, 15) is 22.8 Å². The van der Waals surface area contributed by atoms with Gasteiger partial charge in [-0.3, -0.25) is 4.79 Å². The molecular weight excluding hydrogens is 287 g/mol. The number of benzene rings is 1. The van der Waals surface area contributed by atoms with Crippen LogP contribution in [-0.4, -0.2) is 23.0 Å². The van der Waals surface area contributed by atoms with Gasteiger partial charge in [0.25, 0.3) is 0 Å². The number of carboxylic acid groups (broad SMARTS) is 1. The molecule has 0 radical (unpaired) electrons. The number of carbonyl (C=O) groups is 2. The summed E-state index contributed by atoms with van der Waals surface area (Å²) in [5.41, 5.74) is -0.399. The number of rotatable bonds is 5. The highest BCUT2D eigenvalue weighted by Crippen LogP contribution is 2.29. The third-order valence-electron chi connectivity index (χ3n) is 2.86. The maximum absolute atomic E-state index is 12.4. The predicted molar refractivity (Wildman–Crippen MR) is 69.6 cm³/mol. The Morgan fingerprint density at radius 3 is 2.10 bits per heavy atom. The zero-order valence-corrected chi connectivity index (χ0v) is 11.6. The molecule has 2 N–H and O–H groups in total. The van der Waals surface area contributed by atoms with Crippen LogP contribution < -0.4 is 5.32 Å². The van der Waals surface area contributed by atoms with E-state index in [0.717, 1.165) is 12.1 Å². The molecule has 1 aromatic carbocycles. The fourth-order valence-corrected chi connectivity index (χ4v) is 1.60. The highest BCUT2D eigenvalue weighted by Gasteiger charge is 2.30. The van der Waals surface area contributed by atoms with Gasteiger partial charge >= 0.3 is 12.1 Å². The minimum atomic E-state index is -4.43. The number of aliphatic carboxylic acids is 1. The molecule has 0 aromatic heterocycles. The lowest BCUT2D eigenvalue weighted by atomic mass is 10.0. The smallest absolute Gasteiger partial charge is 0.416 e. The highest BCUT2D eigenvalue weighted by atomic mass is 19.4. The van der Waals surface area contributed by atoms with E-state index in [1.807, 2.05) is 0 Å². The van der Waals surface area contributed by atoms with Crippen LogP contribution in [0.4, 0.5) is 13.2 Å². The Morgan fingerprint density at radius 2 is 1.71 bits per heavy atom. The molecule has 0 bridgehead atoms. The lowest BCUT2D eigenvalue weighted by molar-refractivity contribution is -0.142. The van der Waals surface area contributed by atoms with Crippen molar-refractivity contribution in [2.45, 2.75) is 32.5 Å². The number of hydrogen-bond donors (Lipinski definition) is 2. The molecule has 1 amide bonds. The Kier molecular flexibility index (Phi) is 5.34. The first kappa shape index (κ1) is 17.0. The Hall–Kier alpha value is -2.05. The number of alkyl halides is 3. The summed E-state index contributed by atoms with van der Waals surface area (Å²) in [6, 6.07) is 3.02. The zero-order chi connectivity index (χ0) is 16.2. The van der Waals surface area contributed by atoms with Crippen LogP contribution in [0.25, 0.3) is 0 Å². The summed E-state index contributed by atoms with van der Waals surface area (Å²) in [5.74, 6) is -2.03. The molecule has 7 heteroatoms. The van der Waals surface area contributed by atoms with E-state index in [4.69, 9.17) is 5.11 Å². The molecule has 0 aliphatic heterocycles. The molecule has 1 atom stereocenters. The van der Waals surface area contributed by atoms with Crippen molar-refractivity contribution in [2.75, 3.05) is 0 Å². The van der Waals surface area contributed by atoms with E-state index >= 15 is 0 Å². The molecule has 0 spiro atoms. The van der Waals surface area contributed by atoms with Crippen LogP contribution in [0.1, 0.15) is 25.0 Å². The summed E-state index contributed by atoms with van der Waals surface area (Å²) >= 11 is 0. The second kappa shape index (κ2) is 6.60. The Labute approximate surface area is 120 Å². The first-order valence-corrected chi connectivity index (χ1v) is 6.30. The quantitative estimate of drug-likeness (QED) is 0.878. The monoisotopic (exact) mass is 303 g/mol. The number of carbonyl (C=O) groups excluding carboxylic acids is 1. The number of halogens is 3. The van der Waals surface area contributed by atoms with Crippen LogP contribution in [0.2, 0.25) is 0 Å². The van der Waals surface area contributed by atoms with E-state index in [1.165, 1.54) is 12.1 Å². The molecule has 0 saturated carbocycles. The molecule has 0 aliphatic rings. The maximum Gasteiger partial charge on any atom is 0.416 e. The standard InChI is InChI=1S/C14H16F3NO3/c1-8(2)12(19)18-11(13(20)21)7-9-3-5-10(6-4-9)14(15,16)17/h3-6,8,11H,7H2,1-2H3,(H,18,19)(H,20,21)/t11-/m0/s1. The largest absolute Gasteiger partial charge is 0.480 e. The van der Waals surface area contributed by atoms with Crippen LogP contribution in [0.3, 0.4) is 0 Å². The fourth-order valence-electron chi connectivity index (χ4n) is 1.60. The molecule has 0 saturated heterocycles. The zero-order valence-electron chi connectivity index (χ0n) is 11.6. The number of amides is 1. The molecule has 1 rings (SSSR count). The summed E-state index contributed by atoms with van der Waals surface area (Å²) < 4.78 is 37.3. The van der Waals surface area contributed by atoms with Gasteiger partial charge in [0.1, 0.15) is 6.04 Å². The topological polar surface area (TPSA) is 66.4 Å². The predicted octanol–water partition coefficient (Wildman–Crippen LogP) is 2.47. The molecule has 0 aliphatic carbocycles. The van der Waals surface area contributed by atoms with Gasteiger partial charge in [-0.2, -0.15) is 13.2 Å². The molecular formula is C14H16F3NO3. The first-order chi connectivity index (χ1) is 9.61. The first-order valence-electron chi connectivity index (χ1n) is 6.30. The molecule has 0 heterocycles. The number of hydrogen-bond acceptors (Lipinski definition) is 2. The van der Waals surface area contributed by atoms with Gasteiger partial charge in [0.15, 0.2) is 0 Å². The van der Waals surface area contributed by atoms with E-state index < -0.39 is 29.7 Å². The van der Waals surface area contributed by atoms with Gasteiger partial charge in [0.05, 0.1) is 5.56 Å². The Balaban J connectivity index is 2.81. The summed E-state index contributed by atoms with van der Waals surface area (Å²) in [4.78, 5) is 22.6. The van der Waals surface area contributed by atoms with Gasteiger partial charge in [-0.05, 0) is 17.7 Å². The summed E-state index contributed by atoms with van der Waals surface area (Å²) in [5, 5.41) is 11.4. The van der Waals surface area contributed by atoms with Gasteiger partial charge in [0.2, 0.25) is 5.91 Å². The van der Waals surface area contributed by atoms with Crippen molar-refractivity contribution in [1.29, 1.82) is 0 Å². The van der Waals surface area contributed by atoms with Crippen LogP contribution in [0.5, 0.6) is 0 Å². The van der Waals surface area contributed by atoms with Crippen LogP contribution in [0.15, 0.2) is 24.3 Å². The maximum atomic E-state index is 12.4. The van der Waals surface area contributed by atoms with E-state index in [0.29, 0.717) is 5.56 Å². The summed E-state index contributed by atoms with van der Waals surface area (Å²) in [6.07, 6.45) is -4.51. The third kappa shape index (κ3) is 5.09. The Morgan fingerprint density at radius 1 is 1.19 bits per heavy atom. The molecule has 21 heavy (non-hydrogen) atoms. The van der Waals surface area contributed by atoms with E-state index in [-0.39, 0.29) is 12.3 Å². The van der Waals surface area contributed by atoms with Crippen LogP contribution in [-0.2, 0) is 22.2 Å². The van der Waals surface area contributed by atoms with Crippen LogP contribution in [0, 0.1) is 5.92 Å². The van der Waals surface area contributed by atoms with Crippen molar-refractivity contribution in [2.24, 2.45) is 5.92 Å². The molecule has 0 unspecified atom stereocenters. The van der Waals surface area contributed by atoms with E-state index in [2.05, 4.69) is 5.32 Å². The van der Waals surface area contributed by atoms with E-state index in [1.54, 1.807) is 13.8 Å². The van der Waals surface area contributed by atoms with Crippen molar-refractivity contribution in [3.05, 3.63) is 35.4 Å². The van der Waals surface area contributed by atoms with Crippen molar-refractivity contribution in [3.8, 4) is 0 Å². The SMILES string of the molecule is CC(C)C(=O)N[C@@H](Cc1ccc(C(F)(F)F)cc1)C(=O)O. The lowest BCUT2D eigenvalue weighted by Gasteiger charge is -2.16. The summed E-state index contributed by atoms with van der Waals surface area (Å²) in [7, 11) is 0. The second-order valence-corrected chi connectivity index (χ2v) is 4.95. The second-order valence-electron chi connectivity index (χ2n) is 4.95. The number of nitrogens with one attached hydrogen (secondary N) is 1. The van der Waals surface area contributed by atoms with Gasteiger partial charge in [-0.15, -0.1) is 0 Å². The molecule has 0 fully saturated rings. The highest BCUT2D eigenvalue weighted by molar-refractivity contribution is 5.84. The van der Waals surface area contributed by atoms with Crippen molar-refractivity contribution < 1.29 is 27.9 Å². The molecule has 4 nitrogen and oxygen atoms in total. The van der Waals surface area contributed by atoms with Gasteiger partial charge in [-0.25, -0.2) is 4.79 Å².